The fourth-order valence-electron chi connectivity index (χ4n) is 2.77. The van der Waals surface area contributed by atoms with Crippen LogP contribution in [-0.2, 0) is 10.0 Å². The molecule has 0 aliphatic carbocycles. The van der Waals surface area contributed by atoms with Gasteiger partial charge in [-0.1, -0.05) is 61.1 Å². The number of rotatable bonds is 7. The van der Waals surface area contributed by atoms with E-state index in [0.29, 0.717) is 20.8 Å². The molecule has 3 nitrogen and oxygen atoms in total. The predicted molar refractivity (Wildman–Crippen MR) is 114 cm³/mol. The fourth-order valence-corrected chi connectivity index (χ4v) is 6.28. The highest BCUT2D eigenvalue weighted by atomic mass is 35.5. The zero-order valence-corrected chi connectivity index (χ0v) is 18.6. The van der Waals surface area contributed by atoms with Gasteiger partial charge in [0, 0.05) is 16.3 Å². The average Bonchev–Trinajstić information content (AvgIpc) is 2.58. The number of sulfonamides is 1. The van der Waals surface area contributed by atoms with Crippen molar-refractivity contribution in [2.45, 2.75) is 37.5 Å². The van der Waals surface area contributed by atoms with Crippen LogP contribution in [0.1, 0.15) is 38.2 Å². The van der Waals surface area contributed by atoms with Gasteiger partial charge in [-0.3, -0.25) is 0 Å². The summed E-state index contributed by atoms with van der Waals surface area (Å²) >= 11 is 19.5. The monoisotopic (exact) mass is 451 g/mol. The molecule has 0 saturated heterocycles. The van der Waals surface area contributed by atoms with E-state index in [1.807, 2.05) is 6.92 Å². The molecule has 2 rings (SSSR count). The SMILES string of the molecule is CCC[C@@H](C)c1ccc(Cl)cc1S(=O)(=O)N(SC)c1cc(Cl)ccc1Cl. The molecule has 2 aromatic carbocycles. The molecule has 142 valence electrons. The van der Waals surface area contributed by atoms with Crippen LogP contribution in [0.25, 0.3) is 0 Å². The first-order valence-corrected chi connectivity index (χ1v) is 11.8. The number of halogens is 3. The lowest BCUT2D eigenvalue weighted by molar-refractivity contribution is 0.592. The molecular weight excluding hydrogens is 433 g/mol. The lowest BCUT2D eigenvalue weighted by Gasteiger charge is -2.25. The molecule has 0 aromatic heterocycles. The third-order valence-electron chi connectivity index (χ3n) is 4.00. The Morgan fingerprint density at radius 1 is 1.08 bits per heavy atom. The number of anilines is 1. The molecule has 0 heterocycles. The Morgan fingerprint density at radius 2 is 1.69 bits per heavy atom. The van der Waals surface area contributed by atoms with Gasteiger partial charge in [-0.25, -0.2) is 12.1 Å². The van der Waals surface area contributed by atoms with E-state index in [1.54, 1.807) is 30.5 Å². The van der Waals surface area contributed by atoms with Gasteiger partial charge in [0.15, 0.2) is 0 Å². The van der Waals surface area contributed by atoms with Crippen molar-refractivity contribution in [3.8, 4) is 0 Å². The van der Waals surface area contributed by atoms with Crippen LogP contribution in [0.3, 0.4) is 0 Å². The normalized spacial score (nSPS) is 12.8. The second kappa shape index (κ2) is 9.07. The van der Waals surface area contributed by atoms with Crippen LogP contribution < -0.4 is 3.71 Å². The molecule has 0 bridgehead atoms. The zero-order valence-electron chi connectivity index (χ0n) is 14.7. The second-order valence-electron chi connectivity index (χ2n) is 5.88. The topological polar surface area (TPSA) is 37.4 Å². The molecule has 0 radical (unpaired) electrons. The molecule has 1 atom stereocenters. The zero-order chi connectivity index (χ0) is 19.5. The number of benzene rings is 2. The van der Waals surface area contributed by atoms with Crippen molar-refractivity contribution in [2.75, 3.05) is 9.97 Å². The van der Waals surface area contributed by atoms with Crippen molar-refractivity contribution in [1.82, 2.24) is 0 Å². The van der Waals surface area contributed by atoms with E-state index in [4.69, 9.17) is 34.8 Å². The maximum Gasteiger partial charge on any atom is 0.274 e. The lowest BCUT2D eigenvalue weighted by atomic mass is 9.97. The average molecular weight is 453 g/mol. The van der Waals surface area contributed by atoms with Gasteiger partial charge in [-0.15, -0.1) is 0 Å². The summed E-state index contributed by atoms with van der Waals surface area (Å²) in [5.41, 5.74) is 1.06. The van der Waals surface area contributed by atoms with Gasteiger partial charge < -0.3 is 0 Å². The highest BCUT2D eigenvalue weighted by Crippen LogP contribution is 2.39. The molecule has 0 aliphatic rings. The van der Waals surface area contributed by atoms with Crippen molar-refractivity contribution < 1.29 is 8.42 Å². The first kappa shape index (κ1) is 21.7. The van der Waals surface area contributed by atoms with Gasteiger partial charge in [-0.05, 0) is 60.2 Å². The number of nitrogens with zero attached hydrogens (tertiary/aromatic N) is 1. The smallest absolute Gasteiger partial charge is 0.207 e. The molecular formula is C18H20Cl3NO2S2. The van der Waals surface area contributed by atoms with Crippen molar-refractivity contribution in [2.24, 2.45) is 0 Å². The summed E-state index contributed by atoms with van der Waals surface area (Å²) in [6.07, 6.45) is 3.51. The lowest BCUT2D eigenvalue weighted by Crippen LogP contribution is -2.25. The Labute approximate surface area is 174 Å². The van der Waals surface area contributed by atoms with Gasteiger partial charge >= 0.3 is 0 Å². The maximum atomic E-state index is 13.5. The van der Waals surface area contributed by atoms with E-state index < -0.39 is 10.0 Å². The van der Waals surface area contributed by atoms with Crippen molar-refractivity contribution >= 4 is 62.5 Å². The summed E-state index contributed by atoms with van der Waals surface area (Å²) in [6, 6.07) is 9.74. The predicted octanol–water partition coefficient (Wildman–Crippen LogP) is 7.02. The van der Waals surface area contributed by atoms with Crippen LogP contribution >= 0.6 is 46.8 Å². The van der Waals surface area contributed by atoms with Crippen LogP contribution in [0.4, 0.5) is 5.69 Å². The summed E-state index contributed by atoms with van der Waals surface area (Å²) < 4.78 is 28.1. The molecule has 0 amide bonds. The quantitative estimate of drug-likeness (QED) is 0.423. The Bertz CT molecular complexity index is 888. The molecule has 2 aromatic rings. The molecule has 0 aliphatic heterocycles. The Kier molecular flexibility index (Phi) is 7.57. The second-order valence-corrected chi connectivity index (χ2v) is 9.88. The summed E-state index contributed by atoms with van der Waals surface area (Å²) in [4.78, 5) is 0.191. The maximum absolute atomic E-state index is 13.5. The van der Waals surface area contributed by atoms with E-state index in [2.05, 4.69) is 6.92 Å². The Morgan fingerprint density at radius 3 is 2.31 bits per heavy atom. The molecule has 0 unspecified atom stereocenters. The Balaban J connectivity index is 2.65. The summed E-state index contributed by atoms with van der Waals surface area (Å²) in [5.74, 6) is 0.0839. The third kappa shape index (κ3) is 4.63. The molecule has 8 heteroatoms. The summed E-state index contributed by atoms with van der Waals surface area (Å²) in [6.45, 7) is 4.09. The van der Waals surface area contributed by atoms with E-state index in [0.717, 1.165) is 30.4 Å². The van der Waals surface area contributed by atoms with Crippen LogP contribution in [0.15, 0.2) is 41.3 Å². The van der Waals surface area contributed by atoms with Crippen molar-refractivity contribution in [3.05, 3.63) is 57.0 Å². The Hall–Kier alpha value is -0.590. The molecule has 0 spiro atoms. The summed E-state index contributed by atoms with van der Waals surface area (Å²) in [5, 5.41) is 1.08. The first-order chi connectivity index (χ1) is 12.2. The largest absolute Gasteiger partial charge is 0.274 e. The van der Waals surface area contributed by atoms with E-state index >= 15 is 0 Å². The molecule has 26 heavy (non-hydrogen) atoms. The van der Waals surface area contributed by atoms with Gasteiger partial charge in [0.2, 0.25) is 0 Å². The van der Waals surface area contributed by atoms with Gasteiger partial charge in [0.05, 0.1) is 15.6 Å². The van der Waals surface area contributed by atoms with E-state index in [-0.39, 0.29) is 10.8 Å². The number of hydrogen-bond acceptors (Lipinski definition) is 3. The summed E-state index contributed by atoms with van der Waals surface area (Å²) in [7, 11) is -3.89. The van der Waals surface area contributed by atoms with Gasteiger partial charge in [-0.2, -0.15) is 0 Å². The molecule has 0 saturated carbocycles. The number of hydrogen-bond donors (Lipinski definition) is 0. The third-order valence-corrected chi connectivity index (χ3v) is 7.89. The minimum absolute atomic E-state index is 0.0839. The molecule has 0 N–H and O–H groups in total. The van der Waals surface area contributed by atoms with E-state index in [9.17, 15) is 8.42 Å². The highest BCUT2D eigenvalue weighted by Gasteiger charge is 2.30. The first-order valence-electron chi connectivity index (χ1n) is 8.06. The highest BCUT2D eigenvalue weighted by molar-refractivity contribution is 8.14. The van der Waals surface area contributed by atoms with Gasteiger partial charge in [0.25, 0.3) is 10.0 Å². The molecule has 0 fully saturated rings. The van der Waals surface area contributed by atoms with E-state index in [1.165, 1.54) is 15.8 Å². The fraction of sp³-hybridized carbons (Fsp3) is 0.333. The van der Waals surface area contributed by atoms with Crippen LogP contribution in [0, 0.1) is 0 Å². The van der Waals surface area contributed by atoms with Crippen LogP contribution in [-0.4, -0.2) is 14.7 Å². The van der Waals surface area contributed by atoms with Crippen molar-refractivity contribution in [1.29, 1.82) is 0 Å². The van der Waals surface area contributed by atoms with Crippen molar-refractivity contribution in [3.63, 3.8) is 0 Å². The minimum Gasteiger partial charge on any atom is -0.207 e. The standard InChI is InChI=1S/C18H20Cl3NO2S2/c1-4-5-12(2)15-8-6-14(20)11-18(15)26(23,24)22(25-3)17-10-13(19)7-9-16(17)21/h6-12H,4-5H2,1-3H3/t12-/m1/s1. The van der Waals surface area contributed by atoms with Gasteiger partial charge in [0.1, 0.15) is 0 Å². The minimum atomic E-state index is -3.89. The van der Waals surface area contributed by atoms with Crippen LogP contribution in [0.2, 0.25) is 15.1 Å². The van der Waals surface area contributed by atoms with Crippen LogP contribution in [0.5, 0.6) is 0 Å².